The van der Waals surface area contributed by atoms with E-state index in [2.05, 4.69) is 0 Å². The molecular formula is C4H9KO4S2. The maximum absolute atomic E-state index is 9.95. The standard InChI is InChI=1S/C4H10O4S2.K/c1-2-8-3-4-9-10(5,6)7;/h2-4H2,1H3,(H,5,6,7);/q;+1/p-1. The summed E-state index contributed by atoms with van der Waals surface area (Å²) in [6.07, 6.45) is 0. The summed E-state index contributed by atoms with van der Waals surface area (Å²) in [7, 11) is -3.75. The van der Waals surface area contributed by atoms with Gasteiger partial charge in [0.15, 0.2) is 0 Å². The molecule has 0 aromatic rings. The van der Waals surface area contributed by atoms with E-state index < -0.39 is 9.15 Å². The second-order valence-corrected chi connectivity index (χ2v) is 4.82. The van der Waals surface area contributed by atoms with Gasteiger partial charge in [0.1, 0.15) is 9.15 Å². The molecule has 0 aliphatic carbocycles. The van der Waals surface area contributed by atoms with Gasteiger partial charge in [0.2, 0.25) is 0 Å². The Labute approximate surface area is 113 Å². The average molecular weight is 224 g/mol. The van der Waals surface area contributed by atoms with Crippen molar-refractivity contribution in [2.75, 3.05) is 19.0 Å². The summed E-state index contributed by atoms with van der Waals surface area (Å²) in [6.45, 7) is 2.65. The van der Waals surface area contributed by atoms with E-state index in [1.807, 2.05) is 0 Å². The van der Waals surface area contributed by atoms with Gasteiger partial charge in [-0.15, -0.1) is 0 Å². The summed E-state index contributed by atoms with van der Waals surface area (Å²) in [5.74, 6) is 0.208. The summed E-state index contributed by atoms with van der Waals surface area (Å²) in [5, 5.41) is 0. The molecule has 7 heteroatoms. The molecular weight excluding hydrogens is 215 g/mol. The van der Waals surface area contributed by atoms with E-state index >= 15 is 0 Å². The molecule has 11 heavy (non-hydrogen) atoms. The van der Waals surface area contributed by atoms with E-state index in [0.29, 0.717) is 24.0 Å². The minimum atomic E-state index is -4.12. The smallest absolute Gasteiger partial charge is 0.739 e. The van der Waals surface area contributed by atoms with Gasteiger partial charge in [0, 0.05) is 12.4 Å². The van der Waals surface area contributed by atoms with Crippen LogP contribution in [0.4, 0.5) is 0 Å². The average Bonchev–Trinajstić information content (AvgIpc) is 1.78. The molecule has 0 unspecified atom stereocenters. The number of hydrogen-bond donors (Lipinski definition) is 0. The van der Waals surface area contributed by atoms with Crippen LogP contribution in [-0.2, 0) is 13.9 Å². The first-order valence-electron chi connectivity index (χ1n) is 2.74. The van der Waals surface area contributed by atoms with Crippen molar-refractivity contribution in [3.63, 3.8) is 0 Å². The van der Waals surface area contributed by atoms with Crippen LogP contribution in [0.15, 0.2) is 0 Å². The second-order valence-electron chi connectivity index (χ2n) is 1.43. The predicted molar refractivity (Wildman–Crippen MR) is 38.6 cm³/mol. The van der Waals surface area contributed by atoms with Crippen LogP contribution in [0.3, 0.4) is 0 Å². The normalized spacial score (nSPS) is 10.7. The summed E-state index contributed by atoms with van der Waals surface area (Å²) >= 11 is 0. The number of rotatable bonds is 5. The third-order valence-electron chi connectivity index (χ3n) is 0.659. The third-order valence-corrected chi connectivity index (χ3v) is 2.65. The van der Waals surface area contributed by atoms with Gasteiger partial charge in [-0.2, -0.15) is 0 Å². The summed E-state index contributed by atoms with van der Waals surface area (Å²) in [4.78, 5) is 0. The van der Waals surface area contributed by atoms with E-state index in [4.69, 9.17) is 4.74 Å². The quantitative estimate of drug-likeness (QED) is 0.219. The van der Waals surface area contributed by atoms with Crippen LogP contribution >= 0.6 is 10.8 Å². The summed E-state index contributed by atoms with van der Waals surface area (Å²) in [6, 6.07) is 0. The largest absolute Gasteiger partial charge is 1.00 e. The first-order chi connectivity index (χ1) is 4.56. The van der Waals surface area contributed by atoms with Crippen molar-refractivity contribution >= 4 is 19.9 Å². The summed E-state index contributed by atoms with van der Waals surface area (Å²) in [5.41, 5.74) is 0. The first-order valence-corrected chi connectivity index (χ1v) is 5.65. The molecule has 0 radical (unpaired) electrons. The van der Waals surface area contributed by atoms with Gasteiger partial charge in [0.25, 0.3) is 0 Å². The second kappa shape index (κ2) is 8.45. The fourth-order valence-electron chi connectivity index (χ4n) is 0.339. The molecule has 62 valence electrons. The zero-order valence-corrected chi connectivity index (χ0v) is 11.3. The van der Waals surface area contributed by atoms with Crippen molar-refractivity contribution in [2.24, 2.45) is 0 Å². The first kappa shape index (κ1) is 15.3. The molecule has 0 saturated carbocycles. The van der Waals surface area contributed by atoms with Gasteiger partial charge in [-0.05, 0) is 17.7 Å². The van der Waals surface area contributed by atoms with Crippen LogP contribution in [0.25, 0.3) is 0 Å². The van der Waals surface area contributed by atoms with E-state index in [0.717, 1.165) is 0 Å². The number of ether oxygens (including phenoxy) is 1. The fraction of sp³-hybridized carbons (Fsp3) is 1.00. The topological polar surface area (TPSA) is 66.4 Å². The Hall–Kier alpha value is 1.86. The van der Waals surface area contributed by atoms with E-state index in [9.17, 15) is 13.0 Å². The molecule has 0 N–H and O–H groups in total. The zero-order chi connectivity index (χ0) is 8.04. The van der Waals surface area contributed by atoms with Crippen LogP contribution in [0.2, 0.25) is 0 Å². The molecule has 0 amide bonds. The van der Waals surface area contributed by atoms with Crippen molar-refractivity contribution in [1.29, 1.82) is 0 Å². The third kappa shape index (κ3) is 14.7. The van der Waals surface area contributed by atoms with Gasteiger partial charge in [0.05, 0.1) is 6.61 Å². The Morgan fingerprint density at radius 2 is 2.09 bits per heavy atom. The van der Waals surface area contributed by atoms with Gasteiger partial charge >= 0.3 is 51.4 Å². The maximum Gasteiger partial charge on any atom is 1.00 e. The van der Waals surface area contributed by atoms with Crippen LogP contribution in [0, 0.1) is 0 Å². The predicted octanol–water partition coefficient (Wildman–Crippen LogP) is -2.78. The molecule has 0 atom stereocenters. The Balaban J connectivity index is 0. The Kier molecular flexibility index (Phi) is 11.8. The maximum atomic E-state index is 9.95. The van der Waals surface area contributed by atoms with Crippen LogP contribution in [0.1, 0.15) is 6.92 Å². The van der Waals surface area contributed by atoms with Crippen molar-refractivity contribution in [3.8, 4) is 0 Å². The van der Waals surface area contributed by atoms with Crippen LogP contribution < -0.4 is 51.4 Å². The summed E-state index contributed by atoms with van der Waals surface area (Å²) < 4.78 is 34.6. The number of hydrogen-bond acceptors (Lipinski definition) is 5. The monoisotopic (exact) mass is 224 g/mol. The molecule has 0 saturated heterocycles. The Bertz CT molecular complexity index is 167. The molecule has 0 aromatic heterocycles. The van der Waals surface area contributed by atoms with Crippen LogP contribution in [0.5, 0.6) is 0 Å². The fourth-order valence-corrected chi connectivity index (χ4v) is 1.55. The van der Waals surface area contributed by atoms with Crippen LogP contribution in [-0.4, -0.2) is 31.9 Å². The molecule has 0 bridgehead atoms. The van der Waals surface area contributed by atoms with Crippen molar-refractivity contribution in [2.45, 2.75) is 6.92 Å². The molecule has 0 fully saturated rings. The van der Waals surface area contributed by atoms with Gasteiger partial charge < -0.3 is 9.29 Å². The Morgan fingerprint density at radius 1 is 1.55 bits per heavy atom. The SMILES string of the molecule is CCOCCSS(=O)(=O)[O-].[K+]. The minimum Gasteiger partial charge on any atom is -0.739 e. The Morgan fingerprint density at radius 3 is 2.45 bits per heavy atom. The van der Waals surface area contributed by atoms with E-state index in [-0.39, 0.29) is 57.1 Å². The van der Waals surface area contributed by atoms with Gasteiger partial charge in [-0.3, -0.25) is 0 Å². The van der Waals surface area contributed by atoms with Crippen molar-refractivity contribution in [1.82, 2.24) is 0 Å². The molecule has 4 nitrogen and oxygen atoms in total. The zero-order valence-electron chi connectivity index (χ0n) is 6.57. The van der Waals surface area contributed by atoms with E-state index in [1.54, 1.807) is 6.92 Å². The molecule has 0 aromatic carbocycles. The van der Waals surface area contributed by atoms with Crippen molar-refractivity contribution in [3.05, 3.63) is 0 Å². The minimum absolute atomic E-state index is 0. The molecule has 0 spiro atoms. The van der Waals surface area contributed by atoms with E-state index in [1.165, 1.54) is 0 Å². The molecule has 0 aliphatic rings. The van der Waals surface area contributed by atoms with Gasteiger partial charge in [-0.25, -0.2) is 8.42 Å². The van der Waals surface area contributed by atoms with Crippen molar-refractivity contribution < 1.29 is 69.1 Å². The molecule has 0 heterocycles. The van der Waals surface area contributed by atoms with Gasteiger partial charge in [-0.1, -0.05) is 0 Å². The molecule has 0 rings (SSSR count). The molecule has 0 aliphatic heterocycles.